The number of ether oxygens (including phenoxy) is 1. The average molecular weight is 416 g/mol. The number of amides is 1. The Hall–Kier alpha value is -3.40. The zero-order valence-electron chi connectivity index (χ0n) is 18.5. The number of para-hydroxylation sites is 1. The molecule has 0 fully saturated rings. The lowest BCUT2D eigenvalue weighted by Gasteiger charge is -2.21. The standard InChI is InChI=1S/C27H29NO3/c1-18(2)23-17-11-12-19(3)25(23)28-26(29)20(4)31-27(30)24(21-13-7-5-8-14-21)22-15-9-6-10-16-22/h5-18,20,24H,1-4H3,(H,28,29)/t20-/m0/s1. The summed E-state index contributed by atoms with van der Waals surface area (Å²) in [5.74, 6) is -1.13. The molecule has 3 aromatic rings. The Balaban J connectivity index is 1.79. The molecular weight excluding hydrogens is 386 g/mol. The highest BCUT2D eigenvalue weighted by Gasteiger charge is 2.28. The number of carbonyl (C=O) groups excluding carboxylic acids is 2. The first-order chi connectivity index (χ1) is 14.9. The molecule has 4 nitrogen and oxygen atoms in total. The fourth-order valence-corrected chi connectivity index (χ4v) is 3.62. The van der Waals surface area contributed by atoms with Crippen molar-refractivity contribution >= 4 is 17.6 Å². The molecule has 0 unspecified atom stereocenters. The van der Waals surface area contributed by atoms with Crippen LogP contribution in [0.2, 0.25) is 0 Å². The van der Waals surface area contributed by atoms with Gasteiger partial charge in [0, 0.05) is 5.69 Å². The maximum absolute atomic E-state index is 13.2. The second-order valence-electron chi connectivity index (χ2n) is 8.02. The van der Waals surface area contributed by atoms with E-state index in [0.29, 0.717) is 0 Å². The van der Waals surface area contributed by atoms with Crippen LogP contribution in [0.4, 0.5) is 5.69 Å². The van der Waals surface area contributed by atoms with Gasteiger partial charge in [-0.05, 0) is 42.0 Å². The van der Waals surface area contributed by atoms with E-state index < -0.39 is 18.0 Å². The lowest BCUT2D eigenvalue weighted by molar-refractivity contribution is -0.153. The fraction of sp³-hybridized carbons (Fsp3) is 0.259. The van der Waals surface area contributed by atoms with Gasteiger partial charge in [0.25, 0.3) is 5.91 Å². The van der Waals surface area contributed by atoms with E-state index >= 15 is 0 Å². The minimum atomic E-state index is -0.929. The first-order valence-corrected chi connectivity index (χ1v) is 10.6. The molecule has 0 heterocycles. The van der Waals surface area contributed by atoms with Gasteiger partial charge in [0.1, 0.15) is 5.92 Å². The minimum absolute atomic E-state index is 0.258. The summed E-state index contributed by atoms with van der Waals surface area (Å²) < 4.78 is 5.64. The molecule has 160 valence electrons. The first-order valence-electron chi connectivity index (χ1n) is 10.6. The summed E-state index contributed by atoms with van der Waals surface area (Å²) in [6, 6.07) is 24.9. The second-order valence-corrected chi connectivity index (χ2v) is 8.02. The van der Waals surface area contributed by atoms with Gasteiger partial charge in [-0.1, -0.05) is 92.7 Å². The minimum Gasteiger partial charge on any atom is -0.452 e. The summed E-state index contributed by atoms with van der Waals surface area (Å²) in [5.41, 5.74) is 4.47. The van der Waals surface area contributed by atoms with Crippen LogP contribution in [0.15, 0.2) is 78.9 Å². The molecule has 31 heavy (non-hydrogen) atoms. The van der Waals surface area contributed by atoms with E-state index in [1.165, 1.54) is 0 Å². The maximum Gasteiger partial charge on any atom is 0.318 e. The first kappa shape index (κ1) is 22.3. The molecule has 0 aromatic heterocycles. The Labute approximate surface area is 184 Å². The Morgan fingerprint density at radius 3 is 1.84 bits per heavy atom. The van der Waals surface area contributed by atoms with Crippen molar-refractivity contribution in [3.63, 3.8) is 0 Å². The van der Waals surface area contributed by atoms with Crippen molar-refractivity contribution in [1.82, 2.24) is 0 Å². The Bertz CT molecular complexity index is 989. The highest BCUT2D eigenvalue weighted by Crippen LogP contribution is 2.29. The average Bonchev–Trinajstić information content (AvgIpc) is 2.76. The van der Waals surface area contributed by atoms with Crippen LogP contribution in [-0.4, -0.2) is 18.0 Å². The lowest BCUT2D eigenvalue weighted by atomic mass is 9.91. The van der Waals surface area contributed by atoms with E-state index in [2.05, 4.69) is 19.2 Å². The van der Waals surface area contributed by atoms with Crippen LogP contribution in [-0.2, 0) is 14.3 Å². The molecule has 1 atom stereocenters. The molecule has 4 heteroatoms. The molecule has 0 saturated heterocycles. The number of carbonyl (C=O) groups is 2. The molecule has 1 N–H and O–H groups in total. The normalized spacial score (nSPS) is 11.9. The monoisotopic (exact) mass is 415 g/mol. The van der Waals surface area contributed by atoms with E-state index in [1.807, 2.05) is 85.8 Å². The number of esters is 1. The van der Waals surface area contributed by atoms with Crippen molar-refractivity contribution in [3.8, 4) is 0 Å². The topological polar surface area (TPSA) is 55.4 Å². The zero-order valence-corrected chi connectivity index (χ0v) is 18.5. The Morgan fingerprint density at radius 2 is 1.32 bits per heavy atom. The zero-order chi connectivity index (χ0) is 22.4. The number of rotatable bonds is 7. The van der Waals surface area contributed by atoms with Gasteiger partial charge in [0.05, 0.1) is 0 Å². The van der Waals surface area contributed by atoms with E-state index in [9.17, 15) is 9.59 Å². The lowest BCUT2D eigenvalue weighted by Crippen LogP contribution is -2.32. The van der Waals surface area contributed by atoms with E-state index in [4.69, 9.17) is 4.74 Å². The van der Waals surface area contributed by atoms with Gasteiger partial charge < -0.3 is 10.1 Å². The Morgan fingerprint density at radius 1 is 0.774 bits per heavy atom. The molecule has 0 aliphatic carbocycles. The third kappa shape index (κ3) is 5.40. The number of hydrogen-bond donors (Lipinski definition) is 1. The number of nitrogens with one attached hydrogen (secondary N) is 1. The number of aryl methyl sites for hydroxylation is 1. The molecule has 0 spiro atoms. The third-order valence-corrected chi connectivity index (χ3v) is 5.34. The van der Waals surface area contributed by atoms with Gasteiger partial charge in [-0.2, -0.15) is 0 Å². The van der Waals surface area contributed by atoms with E-state index in [1.54, 1.807) is 6.92 Å². The van der Waals surface area contributed by atoms with Crippen molar-refractivity contribution in [2.75, 3.05) is 5.32 Å². The van der Waals surface area contributed by atoms with Crippen molar-refractivity contribution in [2.45, 2.75) is 45.6 Å². The molecule has 3 aromatic carbocycles. The smallest absolute Gasteiger partial charge is 0.318 e. The van der Waals surface area contributed by atoms with Gasteiger partial charge in [0.2, 0.25) is 0 Å². The predicted octanol–water partition coefficient (Wildman–Crippen LogP) is 5.82. The summed E-state index contributed by atoms with van der Waals surface area (Å²) in [5, 5.41) is 2.97. The molecule has 0 bridgehead atoms. The van der Waals surface area contributed by atoms with Gasteiger partial charge in [0.15, 0.2) is 6.10 Å². The van der Waals surface area contributed by atoms with Crippen molar-refractivity contribution in [2.24, 2.45) is 0 Å². The second kappa shape index (κ2) is 10.1. The summed E-state index contributed by atoms with van der Waals surface area (Å²) >= 11 is 0. The van der Waals surface area contributed by atoms with E-state index in [0.717, 1.165) is 27.9 Å². The summed E-state index contributed by atoms with van der Waals surface area (Å²) in [4.78, 5) is 26.0. The maximum atomic E-state index is 13.2. The van der Waals surface area contributed by atoms with Crippen molar-refractivity contribution < 1.29 is 14.3 Å². The van der Waals surface area contributed by atoms with Gasteiger partial charge in [-0.25, -0.2) is 0 Å². The van der Waals surface area contributed by atoms with Crippen LogP contribution in [0.25, 0.3) is 0 Å². The molecular formula is C27H29NO3. The van der Waals surface area contributed by atoms with Crippen molar-refractivity contribution in [1.29, 1.82) is 0 Å². The third-order valence-electron chi connectivity index (χ3n) is 5.34. The number of anilines is 1. The van der Waals surface area contributed by atoms with Gasteiger partial charge in [-0.3, -0.25) is 9.59 Å². The van der Waals surface area contributed by atoms with Crippen molar-refractivity contribution in [3.05, 3.63) is 101 Å². The number of benzene rings is 3. The van der Waals surface area contributed by atoms with Gasteiger partial charge in [-0.15, -0.1) is 0 Å². The van der Waals surface area contributed by atoms with Gasteiger partial charge >= 0.3 is 5.97 Å². The summed E-state index contributed by atoms with van der Waals surface area (Å²) in [6.07, 6.45) is -0.929. The highest BCUT2D eigenvalue weighted by molar-refractivity contribution is 5.97. The molecule has 0 radical (unpaired) electrons. The SMILES string of the molecule is Cc1cccc(C(C)C)c1NC(=O)[C@H](C)OC(=O)C(c1ccccc1)c1ccccc1. The molecule has 0 saturated carbocycles. The molecule has 0 aliphatic rings. The van der Waals surface area contributed by atoms with Crippen LogP contribution < -0.4 is 5.32 Å². The van der Waals surface area contributed by atoms with Crippen LogP contribution in [0, 0.1) is 6.92 Å². The predicted molar refractivity (Wildman–Crippen MR) is 124 cm³/mol. The van der Waals surface area contributed by atoms with Crippen LogP contribution >= 0.6 is 0 Å². The fourth-order valence-electron chi connectivity index (χ4n) is 3.62. The summed E-state index contributed by atoms with van der Waals surface area (Å²) in [6.45, 7) is 7.73. The molecule has 3 rings (SSSR count). The van der Waals surface area contributed by atoms with Crippen LogP contribution in [0.5, 0.6) is 0 Å². The largest absolute Gasteiger partial charge is 0.452 e. The van der Waals surface area contributed by atoms with Crippen LogP contribution in [0.1, 0.15) is 54.9 Å². The van der Waals surface area contributed by atoms with Crippen LogP contribution in [0.3, 0.4) is 0 Å². The van der Waals surface area contributed by atoms with E-state index in [-0.39, 0.29) is 11.8 Å². The highest BCUT2D eigenvalue weighted by atomic mass is 16.5. The number of hydrogen-bond acceptors (Lipinski definition) is 3. The summed E-state index contributed by atoms with van der Waals surface area (Å²) in [7, 11) is 0. The quantitative estimate of drug-likeness (QED) is 0.495. The Kier molecular flexibility index (Phi) is 7.24. The molecule has 0 aliphatic heterocycles. The molecule has 1 amide bonds.